The summed E-state index contributed by atoms with van der Waals surface area (Å²) in [6.45, 7) is 5.84. The van der Waals surface area contributed by atoms with E-state index in [-0.39, 0.29) is 6.10 Å². The van der Waals surface area contributed by atoms with E-state index in [0.717, 1.165) is 19.4 Å². The molecule has 1 saturated heterocycles. The molecule has 3 fully saturated rings. The molecule has 5 unspecified atom stereocenters. The van der Waals surface area contributed by atoms with Crippen molar-refractivity contribution in [3.8, 4) is 0 Å². The highest BCUT2D eigenvalue weighted by Gasteiger charge is 2.55. The summed E-state index contributed by atoms with van der Waals surface area (Å²) in [6.07, 6.45) is 14.4. The summed E-state index contributed by atoms with van der Waals surface area (Å²) in [6, 6.07) is 0. The Hall–Kier alpha value is -0.860. The van der Waals surface area contributed by atoms with Crippen LogP contribution in [0, 0.1) is 35.0 Å². The van der Waals surface area contributed by atoms with Crippen LogP contribution in [0.15, 0.2) is 35.5 Å². The lowest BCUT2D eigenvalue weighted by molar-refractivity contribution is -0.0632. The second-order valence-corrected chi connectivity index (χ2v) is 9.07. The number of aliphatic hydroxyl groups is 1. The van der Waals surface area contributed by atoms with Crippen LogP contribution in [0.2, 0.25) is 0 Å². The average molecular weight is 312 g/mol. The van der Waals surface area contributed by atoms with Crippen LogP contribution in [0.3, 0.4) is 0 Å². The largest absolute Gasteiger partial charge is 0.393 e. The van der Waals surface area contributed by atoms with Gasteiger partial charge < -0.3 is 9.84 Å². The highest BCUT2D eigenvalue weighted by molar-refractivity contribution is 5.38. The zero-order valence-corrected chi connectivity index (χ0v) is 14.2. The Bertz CT molecular complexity index is 607. The molecule has 23 heavy (non-hydrogen) atoms. The maximum atomic E-state index is 10.6. The molecule has 4 aliphatic carbocycles. The van der Waals surface area contributed by atoms with Crippen LogP contribution in [0.5, 0.6) is 0 Å². The molecule has 1 N–H and O–H groups in total. The topological polar surface area (TPSA) is 32.8 Å². The van der Waals surface area contributed by atoms with Crippen molar-refractivity contribution < 1.29 is 9.84 Å². The van der Waals surface area contributed by atoms with Crippen LogP contribution in [-0.2, 0) is 4.74 Å². The van der Waals surface area contributed by atoms with Crippen molar-refractivity contribution in [3.05, 3.63) is 35.5 Å². The molecule has 1 heterocycles. The van der Waals surface area contributed by atoms with E-state index in [1.165, 1.54) is 18.4 Å². The molecule has 0 radical (unpaired) electrons. The molecule has 124 valence electrons. The highest BCUT2D eigenvalue weighted by Crippen LogP contribution is 2.61. The smallest absolute Gasteiger partial charge is 0.103 e. The van der Waals surface area contributed by atoms with E-state index >= 15 is 0 Å². The zero-order chi connectivity index (χ0) is 15.8. The third-order valence-corrected chi connectivity index (χ3v) is 7.46. The van der Waals surface area contributed by atoms with Crippen LogP contribution < -0.4 is 0 Å². The number of allylic oxidation sites excluding steroid dienone is 5. The number of ether oxygens (including phenoxy) is 1. The lowest BCUT2D eigenvalue weighted by atomic mass is 9.47. The molecule has 0 spiro atoms. The Morgan fingerprint density at radius 2 is 2.09 bits per heavy atom. The number of hydrogen-bond donors (Lipinski definition) is 1. The molecule has 0 amide bonds. The Balaban J connectivity index is 1.62. The predicted molar refractivity (Wildman–Crippen MR) is 90.8 cm³/mol. The minimum Gasteiger partial charge on any atom is -0.393 e. The van der Waals surface area contributed by atoms with E-state index in [4.69, 9.17) is 4.74 Å². The summed E-state index contributed by atoms with van der Waals surface area (Å²) < 4.78 is 5.63. The van der Waals surface area contributed by atoms with E-state index in [1.807, 2.05) is 0 Å². The van der Waals surface area contributed by atoms with Gasteiger partial charge in [-0.3, -0.25) is 0 Å². The molecule has 1 aliphatic heterocycles. The second-order valence-electron chi connectivity index (χ2n) is 9.07. The van der Waals surface area contributed by atoms with E-state index in [0.29, 0.717) is 41.1 Å². The molecule has 2 heteroatoms. The summed E-state index contributed by atoms with van der Waals surface area (Å²) in [4.78, 5) is 0. The lowest BCUT2D eigenvalue weighted by Gasteiger charge is -2.58. The van der Waals surface area contributed by atoms with Crippen LogP contribution in [-0.4, -0.2) is 23.9 Å². The summed E-state index contributed by atoms with van der Waals surface area (Å²) >= 11 is 0. The molecular formula is C21H28O2. The zero-order valence-electron chi connectivity index (χ0n) is 14.2. The van der Waals surface area contributed by atoms with Gasteiger partial charge in [0.25, 0.3) is 0 Å². The van der Waals surface area contributed by atoms with Crippen LogP contribution >= 0.6 is 0 Å². The number of rotatable bonds is 1. The molecular weight excluding hydrogens is 284 g/mol. The minimum atomic E-state index is -0.0818. The third kappa shape index (κ3) is 2.07. The van der Waals surface area contributed by atoms with Gasteiger partial charge in [-0.1, -0.05) is 43.7 Å². The van der Waals surface area contributed by atoms with Gasteiger partial charge in [0.2, 0.25) is 0 Å². The van der Waals surface area contributed by atoms with E-state index in [2.05, 4.69) is 38.2 Å². The van der Waals surface area contributed by atoms with Gasteiger partial charge in [0.05, 0.1) is 12.7 Å². The number of aliphatic hydroxyl groups excluding tert-OH is 1. The van der Waals surface area contributed by atoms with E-state index in [1.54, 1.807) is 5.57 Å². The molecule has 0 aromatic carbocycles. The number of fused-ring (bicyclic) bond motifs is 2. The first-order valence-corrected chi connectivity index (χ1v) is 9.45. The van der Waals surface area contributed by atoms with E-state index < -0.39 is 0 Å². The molecule has 2 saturated carbocycles. The molecule has 0 aromatic heterocycles. The van der Waals surface area contributed by atoms with Gasteiger partial charge in [-0.05, 0) is 60.3 Å². The van der Waals surface area contributed by atoms with Crippen molar-refractivity contribution in [1.82, 2.24) is 0 Å². The Morgan fingerprint density at radius 3 is 2.87 bits per heavy atom. The Kier molecular flexibility index (Phi) is 3.04. The minimum absolute atomic E-state index is 0.0818. The highest BCUT2D eigenvalue weighted by atomic mass is 16.6. The summed E-state index contributed by atoms with van der Waals surface area (Å²) in [5, 5.41) is 10.6. The van der Waals surface area contributed by atoms with E-state index in [9.17, 15) is 5.11 Å². The lowest BCUT2D eigenvalue weighted by Crippen LogP contribution is -2.53. The van der Waals surface area contributed by atoms with Crippen molar-refractivity contribution in [2.24, 2.45) is 35.0 Å². The standard InChI is InChI=1S/C21H28O2/c1-21(2)9-8-15-17(22)7-6-12-10-16-13(18-11-23-18)4-3-5-14(16)20(21)19(12)15/h3-5,10,14-20,22H,6-9,11H2,1-2H3/t14?,15?,16-,17?,18?,19+,20?/m1/s1. The van der Waals surface area contributed by atoms with Crippen LogP contribution in [0.25, 0.3) is 0 Å². The number of hydrogen-bond acceptors (Lipinski definition) is 2. The normalized spacial score (nSPS) is 49.6. The van der Waals surface area contributed by atoms with Crippen molar-refractivity contribution in [2.75, 3.05) is 6.61 Å². The summed E-state index contributed by atoms with van der Waals surface area (Å²) in [7, 11) is 0. The summed E-state index contributed by atoms with van der Waals surface area (Å²) in [5.74, 6) is 2.90. The van der Waals surface area contributed by atoms with Gasteiger partial charge in [0, 0.05) is 5.92 Å². The monoisotopic (exact) mass is 312 g/mol. The molecule has 5 aliphatic rings. The SMILES string of the molecule is CC1(C)CCC2C(O)CCC3=C[C@@H]4C(C5CO5)=CC=CC4C1[C@@H]32. The quantitative estimate of drug-likeness (QED) is 0.589. The maximum absolute atomic E-state index is 10.6. The van der Waals surface area contributed by atoms with Crippen LogP contribution in [0.4, 0.5) is 0 Å². The first-order valence-electron chi connectivity index (χ1n) is 9.45. The molecule has 7 atom stereocenters. The molecule has 5 rings (SSSR count). The predicted octanol–water partition coefficient (Wildman–Crippen LogP) is 3.88. The molecule has 0 aromatic rings. The van der Waals surface area contributed by atoms with Crippen LogP contribution in [0.1, 0.15) is 39.5 Å². The second kappa shape index (κ2) is 4.83. The van der Waals surface area contributed by atoms with Crippen molar-refractivity contribution in [1.29, 1.82) is 0 Å². The van der Waals surface area contributed by atoms with Gasteiger partial charge in [0.1, 0.15) is 6.10 Å². The molecule has 2 nitrogen and oxygen atoms in total. The fourth-order valence-electron chi connectivity index (χ4n) is 6.32. The van der Waals surface area contributed by atoms with Crippen molar-refractivity contribution >= 4 is 0 Å². The fraction of sp³-hybridized carbons (Fsp3) is 0.714. The van der Waals surface area contributed by atoms with Gasteiger partial charge >= 0.3 is 0 Å². The average Bonchev–Trinajstić information content (AvgIpc) is 3.35. The van der Waals surface area contributed by atoms with Gasteiger partial charge in [-0.25, -0.2) is 0 Å². The van der Waals surface area contributed by atoms with Gasteiger partial charge in [-0.15, -0.1) is 0 Å². The Morgan fingerprint density at radius 1 is 1.26 bits per heavy atom. The first kappa shape index (κ1) is 14.5. The van der Waals surface area contributed by atoms with Crippen molar-refractivity contribution in [2.45, 2.75) is 51.7 Å². The van der Waals surface area contributed by atoms with Gasteiger partial charge in [0.15, 0.2) is 0 Å². The number of epoxide rings is 1. The maximum Gasteiger partial charge on any atom is 0.103 e. The fourth-order valence-corrected chi connectivity index (χ4v) is 6.32. The third-order valence-electron chi connectivity index (χ3n) is 7.46. The Labute approximate surface area is 139 Å². The summed E-state index contributed by atoms with van der Waals surface area (Å²) in [5.41, 5.74) is 3.52. The molecule has 0 bridgehead atoms. The van der Waals surface area contributed by atoms with Gasteiger partial charge in [-0.2, -0.15) is 0 Å². The first-order chi connectivity index (χ1) is 11.1. The van der Waals surface area contributed by atoms with Crippen molar-refractivity contribution in [3.63, 3.8) is 0 Å².